The number of anilines is 1. The SMILES string of the molecule is Cc1ccc(C)c(Oc2ccc(NS(=O)(=O)c3ccc(Cl)cc3)cc2)c1. The van der Waals surface area contributed by atoms with Gasteiger partial charge in [0.1, 0.15) is 11.5 Å². The van der Waals surface area contributed by atoms with Crippen LogP contribution in [-0.4, -0.2) is 8.42 Å². The first-order valence-electron chi connectivity index (χ1n) is 7.97. The van der Waals surface area contributed by atoms with E-state index in [9.17, 15) is 8.42 Å². The van der Waals surface area contributed by atoms with Gasteiger partial charge in [0.25, 0.3) is 10.0 Å². The van der Waals surface area contributed by atoms with E-state index in [2.05, 4.69) is 4.72 Å². The van der Waals surface area contributed by atoms with Crippen LogP contribution in [0.3, 0.4) is 0 Å². The number of hydrogen-bond donors (Lipinski definition) is 1. The predicted molar refractivity (Wildman–Crippen MR) is 105 cm³/mol. The molecule has 0 atom stereocenters. The number of sulfonamides is 1. The quantitative estimate of drug-likeness (QED) is 0.624. The molecule has 3 rings (SSSR count). The summed E-state index contributed by atoms with van der Waals surface area (Å²) >= 11 is 5.80. The number of benzene rings is 3. The number of rotatable bonds is 5. The second kappa shape index (κ2) is 7.40. The Bertz CT molecular complexity index is 1010. The van der Waals surface area contributed by atoms with E-state index in [1.807, 2.05) is 32.0 Å². The van der Waals surface area contributed by atoms with Crippen molar-refractivity contribution >= 4 is 27.3 Å². The molecule has 0 unspecified atom stereocenters. The van der Waals surface area contributed by atoms with Crippen LogP contribution >= 0.6 is 11.6 Å². The molecule has 0 aliphatic heterocycles. The third kappa shape index (κ3) is 4.36. The van der Waals surface area contributed by atoms with E-state index in [0.717, 1.165) is 16.9 Å². The largest absolute Gasteiger partial charge is 0.457 e. The van der Waals surface area contributed by atoms with Crippen molar-refractivity contribution in [1.29, 1.82) is 0 Å². The Labute approximate surface area is 158 Å². The fourth-order valence-corrected chi connectivity index (χ4v) is 3.55. The van der Waals surface area contributed by atoms with Crippen molar-refractivity contribution in [1.82, 2.24) is 0 Å². The average Bonchev–Trinajstić information content (AvgIpc) is 2.60. The van der Waals surface area contributed by atoms with Gasteiger partial charge in [-0.1, -0.05) is 23.7 Å². The summed E-state index contributed by atoms with van der Waals surface area (Å²) in [5, 5.41) is 0.483. The predicted octanol–water partition coefficient (Wildman–Crippen LogP) is 5.55. The smallest absolute Gasteiger partial charge is 0.261 e. The molecule has 0 fully saturated rings. The topological polar surface area (TPSA) is 55.4 Å². The van der Waals surface area contributed by atoms with E-state index in [1.54, 1.807) is 24.3 Å². The Kier molecular flexibility index (Phi) is 5.20. The number of halogens is 1. The molecular formula is C20H18ClNO3S. The van der Waals surface area contributed by atoms with Crippen LogP contribution in [0.1, 0.15) is 11.1 Å². The lowest BCUT2D eigenvalue weighted by Crippen LogP contribution is -2.12. The van der Waals surface area contributed by atoms with Gasteiger partial charge in [0.2, 0.25) is 0 Å². The highest BCUT2D eigenvalue weighted by Gasteiger charge is 2.14. The molecule has 0 heterocycles. The van der Waals surface area contributed by atoms with Gasteiger partial charge in [-0.05, 0) is 79.6 Å². The van der Waals surface area contributed by atoms with Crippen LogP contribution in [-0.2, 0) is 10.0 Å². The van der Waals surface area contributed by atoms with Crippen LogP contribution in [0, 0.1) is 13.8 Å². The van der Waals surface area contributed by atoms with Crippen LogP contribution in [0.25, 0.3) is 0 Å². The number of ether oxygens (including phenoxy) is 1. The maximum atomic E-state index is 12.4. The molecule has 0 spiro atoms. The molecule has 0 aliphatic carbocycles. The molecule has 0 amide bonds. The summed E-state index contributed by atoms with van der Waals surface area (Å²) in [5.74, 6) is 1.41. The molecule has 3 aromatic rings. The molecule has 0 bridgehead atoms. The fraction of sp³-hybridized carbons (Fsp3) is 0.100. The number of aryl methyl sites for hydroxylation is 2. The molecule has 0 aromatic heterocycles. The van der Waals surface area contributed by atoms with Gasteiger partial charge < -0.3 is 4.74 Å². The molecule has 0 saturated heterocycles. The van der Waals surface area contributed by atoms with E-state index in [4.69, 9.17) is 16.3 Å². The third-order valence-corrected chi connectivity index (χ3v) is 5.45. The third-order valence-electron chi connectivity index (χ3n) is 3.80. The molecule has 4 nitrogen and oxygen atoms in total. The standard InChI is InChI=1S/C20H18ClNO3S/c1-14-3-4-15(2)20(13-14)25-18-9-7-17(8-10-18)22-26(23,24)19-11-5-16(21)6-12-19/h3-13,22H,1-2H3. The molecule has 0 radical (unpaired) electrons. The van der Waals surface area contributed by atoms with Gasteiger partial charge >= 0.3 is 0 Å². The van der Waals surface area contributed by atoms with Gasteiger partial charge in [-0.25, -0.2) is 8.42 Å². The summed E-state index contributed by atoms with van der Waals surface area (Å²) in [5.41, 5.74) is 2.59. The van der Waals surface area contributed by atoms with Crippen molar-refractivity contribution in [2.75, 3.05) is 4.72 Å². The van der Waals surface area contributed by atoms with Crippen molar-refractivity contribution in [2.24, 2.45) is 0 Å². The molecular weight excluding hydrogens is 370 g/mol. The van der Waals surface area contributed by atoms with Crippen molar-refractivity contribution in [2.45, 2.75) is 18.7 Å². The minimum absolute atomic E-state index is 0.151. The highest BCUT2D eigenvalue weighted by atomic mass is 35.5. The van der Waals surface area contributed by atoms with Crippen LogP contribution in [0.5, 0.6) is 11.5 Å². The first kappa shape index (κ1) is 18.3. The van der Waals surface area contributed by atoms with E-state index in [-0.39, 0.29) is 4.90 Å². The first-order valence-corrected chi connectivity index (χ1v) is 9.83. The molecule has 26 heavy (non-hydrogen) atoms. The zero-order chi connectivity index (χ0) is 18.7. The fourth-order valence-electron chi connectivity index (χ4n) is 2.36. The van der Waals surface area contributed by atoms with Gasteiger partial charge in [0, 0.05) is 10.7 Å². The molecule has 1 N–H and O–H groups in total. The Morgan fingerprint density at radius 2 is 1.54 bits per heavy atom. The Morgan fingerprint density at radius 3 is 2.19 bits per heavy atom. The van der Waals surface area contributed by atoms with E-state index >= 15 is 0 Å². The van der Waals surface area contributed by atoms with Gasteiger partial charge in [-0.2, -0.15) is 0 Å². The summed E-state index contributed by atoms with van der Waals surface area (Å²) in [6.07, 6.45) is 0. The molecule has 134 valence electrons. The molecule has 0 saturated carbocycles. The maximum absolute atomic E-state index is 12.4. The number of hydrogen-bond acceptors (Lipinski definition) is 3. The summed E-state index contributed by atoms with van der Waals surface area (Å²) < 4.78 is 33.2. The second-order valence-corrected chi connectivity index (χ2v) is 8.07. The maximum Gasteiger partial charge on any atom is 0.261 e. The van der Waals surface area contributed by atoms with Crippen molar-refractivity contribution in [3.63, 3.8) is 0 Å². The molecule has 6 heteroatoms. The lowest BCUT2D eigenvalue weighted by atomic mass is 10.1. The summed E-state index contributed by atoms with van der Waals surface area (Å²) in [4.78, 5) is 0.151. The summed E-state index contributed by atoms with van der Waals surface area (Å²) in [7, 11) is -3.66. The Morgan fingerprint density at radius 1 is 0.885 bits per heavy atom. The van der Waals surface area contributed by atoms with Crippen molar-refractivity contribution < 1.29 is 13.2 Å². The lowest BCUT2D eigenvalue weighted by molar-refractivity contribution is 0.478. The minimum atomic E-state index is -3.66. The van der Waals surface area contributed by atoms with Crippen molar-refractivity contribution in [3.8, 4) is 11.5 Å². The van der Waals surface area contributed by atoms with E-state index < -0.39 is 10.0 Å². The Balaban J connectivity index is 1.75. The molecule has 0 aliphatic rings. The highest BCUT2D eigenvalue weighted by Crippen LogP contribution is 2.27. The van der Waals surface area contributed by atoms with Gasteiger partial charge in [-0.3, -0.25) is 4.72 Å². The average molecular weight is 388 g/mol. The Hall–Kier alpha value is -2.50. The first-order chi connectivity index (χ1) is 12.3. The minimum Gasteiger partial charge on any atom is -0.457 e. The lowest BCUT2D eigenvalue weighted by Gasteiger charge is -2.11. The van der Waals surface area contributed by atoms with Crippen LogP contribution in [0.4, 0.5) is 5.69 Å². The van der Waals surface area contributed by atoms with Crippen LogP contribution in [0.2, 0.25) is 5.02 Å². The van der Waals surface area contributed by atoms with Gasteiger partial charge in [-0.15, -0.1) is 0 Å². The van der Waals surface area contributed by atoms with Crippen molar-refractivity contribution in [3.05, 3.63) is 82.9 Å². The highest BCUT2D eigenvalue weighted by molar-refractivity contribution is 7.92. The van der Waals surface area contributed by atoms with Crippen LogP contribution < -0.4 is 9.46 Å². The van der Waals surface area contributed by atoms with Gasteiger partial charge in [0.15, 0.2) is 0 Å². The monoisotopic (exact) mass is 387 g/mol. The van der Waals surface area contributed by atoms with Crippen LogP contribution in [0.15, 0.2) is 71.6 Å². The van der Waals surface area contributed by atoms with Gasteiger partial charge in [0.05, 0.1) is 4.90 Å². The summed E-state index contributed by atoms with van der Waals surface area (Å²) in [6, 6.07) is 18.8. The second-order valence-electron chi connectivity index (χ2n) is 5.95. The normalized spacial score (nSPS) is 11.2. The number of nitrogens with one attached hydrogen (secondary N) is 1. The van der Waals surface area contributed by atoms with E-state index in [0.29, 0.717) is 16.5 Å². The zero-order valence-corrected chi connectivity index (χ0v) is 15.9. The van der Waals surface area contributed by atoms with E-state index in [1.165, 1.54) is 24.3 Å². The molecule has 3 aromatic carbocycles. The zero-order valence-electron chi connectivity index (χ0n) is 14.4. The summed E-state index contributed by atoms with van der Waals surface area (Å²) in [6.45, 7) is 3.98.